The van der Waals surface area contributed by atoms with Crippen molar-refractivity contribution in [3.63, 3.8) is 0 Å². The van der Waals surface area contributed by atoms with Gasteiger partial charge in [0.2, 0.25) is 0 Å². The third-order valence-corrected chi connectivity index (χ3v) is 1.18. The maximum atomic E-state index is 9.83. The number of ketones is 3. The first-order chi connectivity index (χ1) is 10.8. The number of carboxylic acids is 3. The molecule has 0 atom stereocenters. The zero-order valence-corrected chi connectivity index (χ0v) is 16.5. The molecule has 0 amide bonds. The van der Waals surface area contributed by atoms with E-state index in [1.165, 1.54) is 24.9 Å². The van der Waals surface area contributed by atoms with Gasteiger partial charge in [0.15, 0.2) is 0 Å². The summed E-state index contributed by atoms with van der Waals surface area (Å²) in [4.78, 5) is 57.9. The van der Waals surface area contributed by atoms with Crippen LogP contribution in [0.5, 0.6) is 0 Å². The van der Waals surface area contributed by atoms with Gasteiger partial charge in [0, 0.05) is 37.2 Å². The Morgan fingerprint density at radius 3 is 0.750 bits per heavy atom. The van der Waals surface area contributed by atoms with Crippen LogP contribution < -0.4 is 15.3 Å². The van der Waals surface area contributed by atoms with E-state index in [0.29, 0.717) is 0 Å². The SMILES string of the molecule is CC(=O)CC(=O)[O-].CC(=O)CC(=O)[O-].CC(=O)CC(=O)[O-].C[CH2][Zr+3]. The summed E-state index contributed by atoms with van der Waals surface area (Å²) < 4.78 is 1.34. The molecule has 0 rings (SSSR count). The van der Waals surface area contributed by atoms with Crippen LogP contribution in [0.1, 0.15) is 47.0 Å². The van der Waals surface area contributed by atoms with E-state index in [0.717, 1.165) is 0 Å². The van der Waals surface area contributed by atoms with E-state index in [1.807, 2.05) is 0 Å². The zero-order chi connectivity index (χ0) is 20.3. The van der Waals surface area contributed by atoms with E-state index in [1.54, 1.807) is 24.7 Å². The predicted octanol–water partition coefficient (Wildman–Crippen LogP) is -2.88. The van der Waals surface area contributed by atoms with Crippen LogP contribution in [-0.4, -0.2) is 35.3 Å². The molecule has 0 aromatic carbocycles. The molecule has 0 aliphatic heterocycles. The van der Waals surface area contributed by atoms with Crippen LogP contribution in [0.3, 0.4) is 0 Å². The van der Waals surface area contributed by atoms with Crippen LogP contribution in [0, 0.1) is 0 Å². The van der Waals surface area contributed by atoms with Gasteiger partial charge in [-0.05, 0) is 20.8 Å². The summed E-state index contributed by atoms with van der Waals surface area (Å²) in [5.41, 5.74) is 0. The van der Waals surface area contributed by atoms with Gasteiger partial charge < -0.3 is 29.7 Å². The average molecular weight is 424 g/mol. The van der Waals surface area contributed by atoms with Gasteiger partial charge in [0.05, 0.1) is 0 Å². The predicted molar refractivity (Wildman–Crippen MR) is 71.4 cm³/mol. The van der Waals surface area contributed by atoms with Crippen LogP contribution in [0.4, 0.5) is 0 Å². The summed E-state index contributed by atoms with van der Waals surface area (Å²) >= 11 is 1.64. The normalized spacial score (nSPS) is 7.92. The van der Waals surface area contributed by atoms with Crippen molar-refractivity contribution in [3.8, 4) is 0 Å². The molecule has 0 aromatic heterocycles. The zero-order valence-electron chi connectivity index (χ0n) is 14.0. The Labute approximate surface area is 155 Å². The quantitative estimate of drug-likeness (QED) is 0.407. The second kappa shape index (κ2) is 21.3. The standard InChI is InChI=1S/3C4H6O3.C2H5.Zr/c3*1-3(5)2-4(6)7;1-2;/h3*2H2,1H3,(H,6,7);1H2,2H3;/q;;;;+3/p-3. The van der Waals surface area contributed by atoms with E-state index >= 15 is 0 Å². The van der Waals surface area contributed by atoms with E-state index in [2.05, 4.69) is 6.92 Å². The molecule has 0 aromatic rings. The summed E-state index contributed by atoms with van der Waals surface area (Å²) in [5.74, 6) is -5.06. The molecule has 0 radical (unpaired) electrons. The van der Waals surface area contributed by atoms with Crippen molar-refractivity contribution >= 4 is 35.3 Å². The second-order valence-corrected chi connectivity index (χ2v) is 5.84. The minimum absolute atomic E-state index is 0.375. The fourth-order valence-corrected chi connectivity index (χ4v) is 0.610. The van der Waals surface area contributed by atoms with Gasteiger partial charge in [-0.2, -0.15) is 0 Å². The third-order valence-electron chi connectivity index (χ3n) is 1.18. The number of carbonyl (C=O) groups excluding carboxylic acids is 6. The molecule has 0 N–H and O–H groups in total. The molecule has 24 heavy (non-hydrogen) atoms. The molecule has 0 aliphatic rings. The van der Waals surface area contributed by atoms with Crippen LogP contribution >= 0.6 is 0 Å². The number of Topliss-reactive ketones (excluding diaryl/α,β-unsaturated/α-hetero) is 3. The van der Waals surface area contributed by atoms with Gasteiger partial charge in [0.25, 0.3) is 0 Å². The third kappa shape index (κ3) is 71.3. The van der Waals surface area contributed by atoms with Crippen molar-refractivity contribution in [1.29, 1.82) is 0 Å². The molecule has 134 valence electrons. The summed E-state index contributed by atoms with van der Waals surface area (Å²) in [7, 11) is 0. The first-order valence-electron chi connectivity index (χ1n) is 6.52. The maximum absolute atomic E-state index is 9.83. The van der Waals surface area contributed by atoms with E-state index in [9.17, 15) is 44.1 Å². The Morgan fingerprint density at radius 1 is 0.625 bits per heavy atom. The molecule has 0 saturated carbocycles. The second-order valence-electron chi connectivity index (χ2n) is 4.11. The van der Waals surface area contributed by atoms with Gasteiger partial charge in [-0.3, -0.25) is 14.4 Å². The fraction of sp³-hybridized carbons (Fsp3) is 0.571. The Balaban J connectivity index is -0.000000115. The number of hydrogen-bond acceptors (Lipinski definition) is 9. The van der Waals surface area contributed by atoms with Gasteiger partial charge in [-0.15, -0.1) is 0 Å². The Bertz CT molecular complexity index is 332. The summed E-state index contributed by atoms with van der Waals surface area (Å²) in [5, 5.41) is 28.4. The molecular weight excluding hydrogens is 403 g/mol. The molecule has 10 heteroatoms. The first kappa shape index (κ1) is 30.2. The molecule has 0 fully saturated rings. The number of rotatable bonds is 6. The van der Waals surface area contributed by atoms with Crippen molar-refractivity contribution in [1.82, 2.24) is 0 Å². The topological polar surface area (TPSA) is 172 Å². The number of hydrogen-bond donors (Lipinski definition) is 0. The fourth-order valence-electron chi connectivity index (χ4n) is 0.610. The molecule has 0 bridgehead atoms. The minimum atomic E-state index is -1.31. The van der Waals surface area contributed by atoms with Gasteiger partial charge in [-0.25, -0.2) is 0 Å². The van der Waals surface area contributed by atoms with Crippen molar-refractivity contribution < 1.29 is 68.8 Å². The average Bonchev–Trinajstić information content (AvgIpc) is 2.24. The van der Waals surface area contributed by atoms with E-state index in [-0.39, 0.29) is 17.3 Å². The van der Waals surface area contributed by atoms with Crippen LogP contribution in [0.25, 0.3) is 0 Å². The van der Waals surface area contributed by atoms with Crippen LogP contribution in [0.2, 0.25) is 4.13 Å². The first-order valence-corrected chi connectivity index (χ1v) is 8.26. The van der Waals surface area contributed by atoms with Crippen LogP contribution in [-0.2, 0) is 53.5 Å². The molecule has 0 heterocycles. The molecular formula is C14H20O9Zr. The molecule has 9 nitrogen and oxygen atoms in total. The van der Waals surface area contributed by atoms with Gasteiger partial charge in [0.1, 0.15) is 17.3 Å². The van der Waals surface area contributed by atoms with Crippen LogP contribution in [0.15, 0.2) is 0 Å². The Morgan fingerprint density at radius 2 is 0.750 bits per heavy atom. The Hall–Kier alpha value is -1.70. The number of carboxylic acid groups (broad SMARTS) is 3. The van der Waals surface area contributed by atoms with E-state index < -0.39 is 37.2 Å². The van der Waals surface area contributed by atoms with Crippen molar-refractivity contribution in [2.24, 2.45) is 0 Å². The van der Waals surface area contributed by atoms with Crippen molar-refractivity contribution in [2.75, 3.05) is 0 Å². The van der Waals surface area contributed by atoms with Gasteiger partial charge >= 0.3 is 35.8 Å². The molecule has 0 spiro atoms. The van der Waals surface area contributed by atoms with Crippen molar-refractivity contribution in [3.05, 3.63) is 0 Å². The summed E-state index contributed by atoms with van der Waals surface area (Å²) in [6.45, 7) is 5.78. The molecule has 0 unspecified atom stereocenters. The Kier molecular flexibility index (Phi) is 26.8. The summed E-state index contributed by atoms with van der Waals surface area (Å²) in [6, 6.07) is 0. The number of carbonyl (C=O) groups is 6. The summed E-state index contributed by atoms with van der Waals surface area (Å²) in [6.07, 6.45) is -1.42. The number of aliphatic carboxylic acids is 3. The van der Waals surface area contributed by atoms with E-state index in [4.69, 9.17) is 0 Å². The molecule has 0 aliphatic carbocycles. The van der Waals surface area contributed by atoms with Crippen molar-refractivity contribution in [2.45, 2.75) is 51.1 Å². The van der Waals surface area contributed by atoms with Gasteiger partial charge in [-0.1, -0.05) is 0 Å². The monoisotopic (exact) mass is 422 g/mol. The molecule has 0 saturated heterocycles.